The molecule has 3 aromatic rings. The molecule has 0 radical (unpaired) electrons. The second kappa shape index (κ2) is 7.96. The fraction of sp³-hybridized carbons (Fsp3) is 0.0909. The van der Waals surface area contributed by atoms with E-state index in [1.807, 2.05) is 0 Å². The van der Waals surface area contributed by atoms with Crippen molar-refractivity contribution >= 4 is 35.2 Å². The molecule has 0 bridgehead atoms. The summed E-state index contributed by atoms with van der Waals surface area (Å²) in [6.07, 6.45) is 1.45. The first kappa shape index (κ1) is 19.6. The van der Waals surface area contributed by atoms with Gasteiger partial charge < -0.3 is 9.15 Å². The molecule has 1 aliphatic heterocycles. The molecular formula is C22H14ClNO6. The molecule has 0 unspecified atom stereocenters. The van der Waals surface area contributed by atoms with E-state index in [-0.39, 0.29) is 23.2 Å². The average molecular weight is 424 g/mol. The van der Waals surface area contributed by atoms with E-state index in [1.54, 1.807) is 24.3 Å². The molecule has 0 fully saturated rings. The number of nitrogens with zero attached hydrogens (tertiary/aromatic N) is 1. The van der Waals surface area contributed by atoms with Gasteiger partial charge in [0.05, 0.1) is 29.5 Å². The zero-order valence-corrected chi connectivity index (χ0v) is 16.2. The minimum Gasteiger partial charge on any atom is -0.467 e. The monoisotopic (exact) mass is 423 g/mol. The number of imide groups is 1. The fourth-order valence-corrected chi connectivity index (χ4v) is 3.18. The van der Waals surface area contributed by atoms with Crippen LogP contribution in [0.1, 0.15) is 47.2 Å². The van der Waals surface area contributed by atoms with Gasteiger partial charge in [0.1, 0.15) is 5.76 Å². The third-order valence-corrected chi connectivity index (χ3v) is 4.85. The van der Waals surface area contributed by atoms with E-state index in [0.29, 0.717) is 16.3 Å². The van der Waals surface area contributed by atoms with Gasteiger partial charge in [-0.25, -0.2) is 4.79 Å². The number of ketones is 1. The van der Waals surface area contributed by atoms with Crippen LogP contribution in [0.2, 0.25) is 5.02 Å². The number of hydrogen-bond donors (Lipinski definition) is 0. The van der Waals surface area contributed by atoms with Gasteiger partial charge in [-0.1, -0.05) is 11.6 Å². The maximum atomic E-state index is 12.6. The number of carbonyl (C=O) groups excluding carboxylic acids is 4. The van der Waals surface area contributed by atoms with Crippen molar-refractivity contribution in [3.8, 4) is 0 Å². The highest BCUT2D eigenvalue weighted by Crippen LogP contribution is 2.26. The van der Waals surface area contributed by atoms with Gasteiger partial charge in [-0.15, -0.1) is 0 Å². The Labute approximate surface area is 175 Å². The van der Waals surface area contributed by atoms with Crippen LogP contribution < -0.4 is 0 Å². The Balaban J connectivity index is 1.45. The molecule has 1 aliphatic rings. The smallest absolute Gasteiger partial charge is 0.338 e. The Kier molecular flexibility index (Phi) is 5.20. The van der Waals surface area contributed by atoms with Crippen molar-refractivity contribution in [2.45, 2.75) is 6.54 Å². The Morgan fingerprint density at radius 1 is 0.933 bits per heavy atom. The summed E-state index contributed by atoms with van der Waals surface area (Å²) in [5.41, 5.74) is 0.722. The lowest BCUT2D eigenvalue weighted by Crippen LogP contribution is -2.28. The largest absolute Gasteiger partial charge is 0.467 e. The van der Waals surface area contributed by atoms with Crippen molar-refractivity contribution in [3.63, 3.8) is 0 Å². The summed E-state index contributed by atoms with van der Waals surface area (Å²) in [5, 5.41) is 0.488. The molecule has 30 heavy (non-hydrogen) atoms. The molecule has 8 heteroatoms. The van der Waals surface area contributed by atoms with Gasteiger partial charge in [-0.05, 0) is 54.6 Å². The van der Waals surface area contributed by atoms with E-state index < -0.39 is 30.2 Å². The van der Waals surface area contributed by atoms with Crippen molar-refractivity contribution in [1.82, 2.24) is 4.90 Å². The molecule has 0 atom stereocenters. The highest BCUT2D eigenvalue weighted by Gasteiger charge is 2.36. The number of fused-ring (bicyclic) bond motifs is 1. The summed E-state index contributed by atoms with van der Waals surface area (Å²) in [6.45, 7) is -0.468. The number of ether oxygens (including phenoxy) is 1. The summed E-state index contributed by atoms with van der Waals surface area (Å²) < 4.78 is 10.3. The summed E-state index contributed by atoms with van der Waals surface area (Å²) >= 11 is 5.79. The van der Waals surface area contributed by atoms with Crippen LogP contribution >= 0.6 is 11.6 Å². The van der Waals surface area contributed by atoms with Crippen LogP contribution in [0, 0.1) is 0 Å². The van der Waals surface area contributed by atoms with Crippen LogP contribution in [-0.2, 0) is 11.3 Å². The lowest BCUT2D eigenvalue weighted by Gasteiger charge is -2.11. The second-order valence-corrected chi connectivity index (χ2v) is 6.98. The van der Waals surface area contributed by atoms with Gasteiger partial charge in [0.2, 0.25) is 0 Å². The number of Topliss-reactive ketones (excluding diaryl/α,β-unsaturated/α-hetero) is 1. The molecule has 0 saturated heterocycles. The number of furan rings is 1. The van der Waals surface area contributed by atoms with Crippen LogP contribution in [0.4, 0.5) is 0 Å². The molecule has 2 aromatic carbocycles. The van der Waals surface area contributed by atoms with Gasteiger partial charge in [-0.2, -0.15) is 0 Å². The molecule has 7 nitrogen and oxygen atoms in total. The van der Waals surface area contributed by atoms with E-state index in [2.05, 4.69) is 0 Å². The maximum Gasteiger partial charge on any atom is 0.338 e. The van der Waals surface area contributed by atoms with Crippen molar-refractivity contribution in [1.29, 1.82) is 0 Å². The Morgan fingerprint density at radius 3 is 2.33 bits per heavy atom. The van der Waals surface area contributed by atoms with Gasteiger partial charge in [0.25, 0.3) is 11.8 Å². The summed E-state index contributed by atoms with van der Waals surface area (Å²) in [4.78, 5) is 50.7. The fourth-order valence-electron chi connectivity index (χ4n) is 3.05. The van der Waals surface area contributed by atoms with E-state index >= 15 is 0 Å². The number of amides is 2. The normalized spacial score (nSPS) is 12.8. The summed E-state index contributed by atoms with van der Waals surface area (Å²) in [6, 6.07) is 13.6. The van der Waals surface area contributed by atoms with Gasteiger partial charge in [-0.3, -0.25) is 19.3 Å². The molecular weight excluding hydrogens is 410 g/mol. The van der Waals surface area contributed by atoms with Crippen molar-refractivity contribution in [2.75, 3.05) is 6.61 Å². The summed E-state index contributed by atoms with van der Waals surface area (Å²) in [7, 11) is 0. The lowest BCUT2D eigenvalue weighted by molar-refractivity contribution is 0.0474. The molecule has 0 N–H and O–H groups in total. The highest BCUT2D eigenvalue weighted by molar-refractivity contribution is 6.30. The molecule has 2 amide bonds. The SMILES string of the molecule is O=C(COC(=O)c1ccc2c(c1)C(=O)N(Cc1ccco1)C2=O)c1ccc(Cl)cc1. The highest BCUT2D eigenvalue weighted by atomic mass is 35.5. The molecule has 1 aromatic heterocycles. The van der Waals surface area contributed by atoms with Crippen LogP contribution in [0.25, 0.3) is 0 Å². The number of rotatable bonds is 6. The molecule has 0 aliphatic carbocycles. The van der Waals surface area contributed by atoms with Gasteiger partial charge in [0, 0.05) is 10.6 Å². The van der Waals surface area contributed by atoms with E-state index in [1.165, 1.54) is 36.6 Å². The van der Waals surface area contributed by atoms with Crippen molar-refractivity contribution < 1.29 is 28.3 Å². The first-order valence-electron chi connectivity index (χ1n) is 8.92. The van der Waals surface area contributed by atoms with Crippen LogP contribution in [-0.4, -0.2) is 35.1 Å². The molecule has 0 spiro atoms. The van der Waals surface area contributed by atoms with E-state index in [4.69, 9.17) is 20.8 Å². The van der Waals surface area contributed by atoms with Gasteiger partial charge in [0.15, 0.2) is 12.4 Å². The minimum atomic E-state index is -0.773. The topological polar surface area (TPSA) is 93.9 Å². The van der Waals surface area contributed by atoms with Crippen molar-refractivity contribution in [2.24, 2.45) is 0 Å². The predicted octanol–water partition coefficient (Wildman–Crippen LogP) is 3.77. The number of carbonyl (C=O) groups is 4. The predicted molar refractivity (Wildman–Crippen MR) is 105 cm³/mol. The first-order chi connectivity index (χ1) is 14.4. The lowest BCUT2D eigenvalue weighted by atomic mass is 10.1. The Morgan fingerprint density at radius 2 is 1.63 bits per heavy atom. The zero-order valence-electron chi connectivity index (χ0n) is 15.5. The standard InChI is InChI=1S/C22H14ClNO6/c23-15-6-3-13(4-7-15)19(25)12-30-22(28)14-5-8-17-18(10-14)21(27)24(20(17)26)11-16-2-1-9-29-16/h1-10H,11-12H2. The Bertz CT molecular complexity index is 1150. The quantitative estimate of drug-likeness (QED) is 0.340. The molecule has 2 heterocycles. The number of esters is 1. The molecule has 150 valence electrons. The summed E-state index contributed by atoms with van der Waals surface area (Å²) in [5.74, 6) is -1.70. The second-order valence-electron chi connectivity index (χ2n) is 6.54. The number of benzene rings is 2. The van der Waals surface area contributed by atoms with E-state index in [0.717, 1.165) is 4.90 Å². The third-order valence-electron chi connectivity index (χ3n) is 4.60. The van der Waals surface area contributed by atoms with Crippen molar-refractivity contribution in [3.05, 3.63) is 93.9 Å². The van der Waals surface area contributed by atoms with Crippen LogP contribution in [0.15, 0.2) is 65.3 Å². The van der Waals surface area contributed by atoms with Gasteiger partial charge >= 0.3 is 5.97 Å². The van der Waals surface area contributed by atoms with Crippen LogP contribution in [0.5, 0.6) is 0 Å². The maximum absolute atomic E-state index is 12.6. The molecule has 4 rings (SSSR count). The minimum absolute atomic E-state index is 0.00524. The first-order valence-corrected chi connectivity index (χ1v) is 9.30. The Hall–Kier alpha value is -3.71. The number of halogens is 1. The third kappa shape index (κ3) is 3.75. The number of hydrogen-bond acceptors (Lipinski definition) is 6. The molecule has 0 saturated carbocycles. The van der Waals surface area contributed by atoms with E-state index in [9.17, 15) is 19.2 Å². The average Bonchev–Trinajstić information content (AvgIpc) is 3.35. The zero-order chi connectivity index (χ0) is 21.3. The van der Waals surface area contributed by atoms with Crippen LogP contribution in [0.3, 0.4) is 0 Å².